The van der Waals surface area contributed by atoms with Crippen LogP contribution < -0.4 is 11.5 Å². The van der Waals surface area contributed by atoms with Crippen molar-refractivity contribution in [3.05, 3.63) is 25.3 Å². The van der Waals surface area contributed by atoms with Crippen LogP contribution in [0.4, 0.5) is 20.4 Å². The standard InChI is InChI=1S/C40H54F2N10O13P2/c1-22-14-23-29(25(41)35(62-23)51-18-49-27-31(43)45-16-47-33(27)51)65-67(56,61-21-58-38(54)40(3)12-8-5-9-13-40)59-15-24-30(26(42)36(63-24)52-19-50-28-32(44)46-17-48-34(28)52)64-66(22,55)60-20-57-37(53)39(2)10-6-4-7-11-39/h16-19,22-26,29-30,35-36H,4-15,20-21H2,1-3H3,(H2,43,45,47)(H2,44,46,48)/t22-,23+,24+,25+,26+,29+,30+,35+,36+,66?,67?/m0/s1. The maximum atomic E-state index is 17.2. The molecule has 27 heteroatoms. The zero-order valence-electron chi connectivity index (χ0n) is 37.1. The number of imidazole rings is 2. The Bertz CT molecular complexity index is 2560. The monoisotopic (exact) mass is 982 g/mol. The van der Waals surface area contributed by atoms with Gasteiger partial charge in [0, 0.05) is 0 Å². The molecule has 2 saturated carbocycles. The van der Waals surface area contributed by atoms with Crippen LogP contribution in [0.1, 0.15) is 104 Å². The molecule has 0 spiro atoms. The number of aromatic nitrogens is 8. The Labute approximate surface area is 382 Å². The number of nitrogens with zero attached hydrogens (tertiary/aromatic N) is 8. The Morgan fingerprint density at radius 2 is 1.19 bits per heavy atom. The number of carbonyl (C=O) groups excluding carboxylic acids is 2. The van der Waals surface area contributed by atoms with E-state index >= 15 is 13.3 Å². The molecule has 7 heterocycles. The van der Waals surface area contributed by atoms with Crippen molar-refractivity contribution in [2.45, 2.75) is 146 Å². The summed E-state index contributed by atoms with van der Waals surface area (Å²) in [6, 6.07) is 0. The SMILES string of the molecule is C[C@H]1C[C@H]2O[C@@H](n3cnc4c(N)ncnc43)[C@H](F)[C@@H]2OP(=O)(OCOC(=O)C2(C)CCCCC2)OC[C@H]2O[C@@H](n3cnc4c(N)ncnc43)[C@H](F)[C@@H]2OP1(=O)OCOC(=O)C1(C)CCCCC1. The van der Waals surface area contributed by atoms with Crippen LogP contribution in [-0.2, 0) is 60.3 Å². The molecule has 0 amide bonds. The summed E-state index contributed by atoms with van der Waals surface area (Å²) in [7, 11) is -9.80. The van der Waals surface area contributed by atoms with Gasteiger partial charge in [-0.25, -0.2) is 47.8 Å². The predicted octanol–water partition coefficient (Wildman–Crippen LogP) is 6.16. The van der Waals surface area contributed by atoms with E-state index in [1.54, 1.807) is 13.8 Å². The van der Waals surface area contributed by atoms with E-state index in [1.165, 1.54) is 28.7 Å². The number of hydrogen-bond acceptors (Lipinski definition) is 21. The van der Waals surface area contributed by atoms with Crippen molar-refractivity contribution in [1.29, 1.82) is 0 Å². The molecule has 3 aliphatic heterocycles. The second kappa shape index (κ2) is 18.9. The molecule has 4 aromatic rings. The van der Waals surface area contributed by atoms with Gasteiger partial charge < -0.3 is 30.4 Å². The third kappa shape index (κ3) is 9.30. The molecule has 5 fully saturated rings. The normalized spacial score (nSPS) is 34.4. The van der Waals surface area contributed by atoms with Gasteiger partial charge in [0.15, 0.2) is 47.7 Å². The molecule has 5 aliphatic rings. The van der Waals surface area contributed by atoms with Crippen LogP contribution in [0.5, 0.6) is 0 Å². The molecule has 4 aromatic heterocycles. The summed E-state index contributed by atoms with van der Waals surface area (Å²) in [5.74, 6) is -1.18. The maximum absolute atomic E-state index is 17.2. The van der Waals surface area contributed by atoms with Gasteiger partial charge in [-0.3, -0.25) is 41.4 Å². The lowest BCUT2D eigenvalue weighted by Gasteiger charge is -2.34. The molecule has 23 nitrogen and oxygen atoms in total. The van der Waals surface area contributed by atoms with Crippen LogP contribution in [0.3, 0.4) is 0 Å². The largest absolute Gasteiger partial charge is 0.478 e. The van der Waals surface area contributed by atoms with Gasteiger partial charge in [-0.15, -0.1) is 0 Å². The number of nitrogen functional groups attached to an aromatic ring is 2. The Morgan fingerprint density at radius 1 is 0.716 bits per heavy atom. The number of ether oxygens (including phenoxy) is 4. The molecule has 0 bridgehead atoms. The summed E-state index contributed by atoms with van der Waals surface area (Å²) in [5, 5.41) is 0. The van der Waals surface area contributed by atoms with Crippen LogP contribution in [0.15, 0.2) is 25.3 Å². The van der Waals surface area contributed by atoms with E-state index in [1.807, 2.05) is 0 Å². The Balaban J connectivity index is 1.05. The Morgan fingerprint density at radius 3 is 1.72 bits per heavy atom. The smallest absolute Gasteiger partial charge is 0.438 e. The van der Waals surface area contributed by atoms with Crippen molar-refractivity contribution in [3.63, 3.8) is 0 Å². The highest BCUT2D eigenvalue weighted by molar-refractivity contribution is 7.54. The molecule has 4 N–H and O–H groups in total. The van der Waals surface area contributed by atoms with Crippen LogP contribution in [0.25, 0.3) is 22.3 Å². The zero-order valence-corrected chi connectivity index (χ0v) is 38.9. The molecule has 11 atom stereocenters. The topological polar surface area (TPSA) is 291 Å². The first kappa shape index (κ1) is 47.7. The van der Waals surface area contributed by atoms with Crippen molar-refractivity contribution in [2.75, 3.05) is 31.7 Å². The van der Waals surface area contributed by atoms with Gasteiger partial charge >= 0.3 is 27.4 Å². The summed E-state index contributed by atoms with van der Waals surface area (Å²) in [6.45, 7) is 2.32. The van der Waals surface area contributed by atoms with E-state index < -0.39 is 120 Å². The fraction of sp³-hybridized carbons (Fsp3) is 0.700. The minimum absolute atomic E-state index is 0.000179. The fourth-order valence-electron chi connectivity index (χ4n) is 9.55. The number of esters is 2. The van der Waals surface area contributed by atoms with E-state index in [0.717, 1.165) is 51.2 Å². The average Bonchev–Trinajstić information content (AvgIpc) is 4.08. The molecule has 9 rings (SSSR count). The Hall–Kier alpha value is -4.32. The van der Waals surface area contributed by atoms with E-state index in [9.17, 15) is 14.2 Å². The molecule has 2 aliphatic carbocycles. The van der Waals surface area contributed by atoms with Crippen molar-refractivity contribution in [2.24, 2.45) is 10.8 Å². The molecule has 0 radical (unpaired) electrons. The average molecular weight is 983 g/mol. The van der Waals surface area contributed by atoms with E-state index in [2.05, 4.69) is 29.9 Å². The fourth-order valence-corrected chi connectivity index (χ4v) is 12.6. The first-order chi connectivity index (χ1) is 32.0. The van der Waals surface area contributed by atoms with Gasteiger partial charge in [-0.2, -0.15) is 0 Å². The highest BCUT2D eigenvalue weighted by Gasteiger charge is 2.57. The van der Waals surface area contributed by atoms with Crippen molar-refractivity contribution >= 4 is 61.3 Å². The van der Waals surface area contributed by atoms with E-state index in [-0.39, 0.29) is 34.0 Å². The van der Waals surface area contributed by atoms with E-state index in [0.29, 0.717) is 25.7 Å². The van der Waals surface area contributed by atoms with Gasteiger partial charge in [0.2, 0.25) is 13.6 Å². The molecule has 0 aromatic carbocycles. The number of hydrogen-bond donors (Lipinski definition) is 2. The van der Waals surface area contributed by atoms with E-state index in [4.69, 9.17) is 53.0 Å². The number of phosphoric ester groups is 1. The lowest BCUT2D eigenvalue weighted by atomic mass is 9.76. The van der Waals surface area contributed by atoms with Crippen LogP contribution >= 0.6 is 15.4 Å². The molecule has 67 heavy (non-hydrogen) atoms. The number of carbonyl (C=O) groups is 2. The van der Waals surface area contributed by atoms with Gasteiger partial charge in [0.05, 0.1) is 41.9 Å². The zero-order chi connectivity index (χ0) is 47.3. The number of halogens is 2. The lowest BCUT2D eigenvalue weighted by molar-refractivity contribution is -0.165. The molecular weight excluding hydrogens is 928 g/mol. The number of fused-ring (bicyclic) bond motifs is 4. The first-order valence-electron chi connectivity index (χ1n) is 22.3. The summed E-state index contributed by atoms with van der Waals surface area (Å²) < 4.78 is 120. The third-order valence-corrected chi connectivity index (χ3v) is 17.3. The van der Waals surface area contributed by atoms with Gasteiger partial charge in [0.25, 0.3) is 0 Å². The van der Waals surface area contributed by atoms with Gasteiger partial charge in [0.1, 0.15) is 42.0 Å². The highest BCUT2D eigenvalue weighted by atomic mass is 31.2. The van der Waals surface area contributed by atoms with Crippen molar-refractivity contribution in [3.8, 4) is 0 Å². The second-order valence-corrected chi connectivity index (χ2v) is 22.3. The van der Waals surface area contributed by atoms with Gasteiger partial charge in [-0.05, 0) is 46.0 Å². The minimum Gasteiger partial charge on any atom is -0.438 e. The van der Waals surface area contributed by atoms with Crippen molar-refractivity contribution < 1.29 is 69.1 Å². The minimum atomic E-state index is -5.09. The van der Waals surface area contributed by atoms with Crippen LogP contribution in [0.2, 0.25) is 0 Å². The number of alkyl halides is 2. The van der Waals surface area contributed by atoms with Gasteiger partial charge in [-0.1, -0.05) is 45.4 Å². The molecule has 3 saturated heterocycles. The number of anilines is 2. The third-order valence-electron chi connectivity index (χ3n) is 13.6. The number of phosphoric acid groups is 1. The molecular formula is C40H54F2N10O13P2. The van der Waals surface area contributed by atoms with Crippen LogP contribution in [-0.4, -0.2) is 114 Å². The molecule has 2 unspecified atom stereocenters. The quantitative estimate of drug-likeness (QED) is 0.102. The summed E-state index contributed by atoms with van der Waals surface area (Å²) >= 11 is 0. The Kier molecular flexibility index (Phi) is 13.5. The summed E-state index contributed by atoms with van der Waals surface area (Å²) in [6.07, 6.45) is -2.51. The molecule has 366 valence electrons. The number of rotatable bonds is 10. The lowest BCUT2D eigenvalue weighted by Crippen LogP contribution is -2.38. The predicted molar refractivity (Wildman–Crippen MR) is 229 cm³/mol. The summed E-state index contributed by atoms with van der Waals surface area (Å²) in [4.78, 5) is 51.4. The van der Waals surface area contributed by atoms with Crippen molar-refractivity contribution in [1.82, 2.24) is 39.0 Å². The first-order valence-corrected chi connectivity index (χ1v) is 25.4. The maximum Gasteiger partial charge on any atom is 0.478 e. The highest BCUT2D eigenvalue weighted by Crippen LogP contribution is 2.61. The second-order valence-electron chi connectivity index (χ2n) is 18.3. The number of nitrogens with two attached hydrogens (primary N) is 2. The summed E-state index contributed by atoms with van der Waals surface area (Å²) in [5.41, 5.74) is 9.53. The van der Waals surface area contributed by atoms with Crippen LogP contribution in [0, 0.1) is 10.8 Å².